The lowest BCUT2D eigenvalue weighted by molar-refractivity contribution is 0.377. The summed E-state index contributed by atoms with van der Waals surface area (Å²) in [5, 5.41) is 3.47. The Kier molecular flexibility index (Phi) is 3.63. The molecule has 0 aliphatic carbocycles. The Morgan fingerprint density at radius 3 is 3.07 bits per heavy atom. The molecule has 3 heteroatoms. The number of hydrogen-bond donors (Lipinski definition) is 1. The molecule has 1 aromatic rings. The molecule has 2 rings (SSSR count). The topological polar surface area (TPSA) is 12.0 Å². The van der Waals surface area contributed by atoms with Gasteiger partial charge in [-0.3, -0.25) is 0 Å². The van der Waals surface area contributed by atoms with E-state index in [2.05, 4.69) is 34.2 Å². The molecule has 14 heavy (non-hydrogen) atoms. The smallest absolute Gasteiger partial charge is 0.0317 e. The van der Waals surface area contributed by atoms with Crippen LogP contribution in [0.15, 0.2) is 10.5 Å². The Hall–Kier alpha value is 0.140. The van der Waals surface area contributed by atoms with Crippen LogP contribution in [0, 0.1) is 12.8 Å². The molecule has 1 nitrogen and oxygen atoms in total. The van der Waals surface area contributed by atoms with Crippen molar-refractivity contribution >= 4 is 27.3 Å². The number of rotatable bonds is 2. The Morgan fingerprint density at radius 1 is 1.64 bits per heavy atom. The van der Waals surface area contributed by atoms with Crippen LogP contribution in [0.4, 0.5) is 0 Å². The maximum Gasteiger partial charge on any atom is 0.0317 e. The average Bonchev–Trinajstić information content (AvgIpc) is 2.47. The normalized spacial score (nSPS) is 22.6. The molecule has 1 saturated heterocycles. The van der Waals surface area contributed by atoms with Gasteiger partial charge in [-0.15, -0.1) is 11.3 Å². The van der Waals surface area contributed by atoms with Crippen LogP contribution in [0.25, 0.3) is 0 Å². The van der Waals surface area contributed by atoms with Crippen LogP contribution in [0.3, 0.4) is 0 Å². The Bertz CT molecular complexity index is 302. The Morgan fingerprint density at radius 2 is 2.50 bits per heavy atom. The molecule has 1 aromatic heterocycles. The first-order chi connectivity index (χ1) is 6.75. The van der Waals surface area contributed by atoms with Crippen LogP contribution in [-0.4, -0.2) is 13.1 Å². The zero-order valence-corrected chi connectivity index (χ0v) is 10.9. The van der Waals surface area contributed by atoms with Crippen LogP contribution < -0.4 is 5.32 Å². The molecule has 1 unspecified atom stereocenters. The molecular weight excluding hydrogens is 258 g/mol. The fraction of sp³-hybridized carbons (Fsp3) is 0.636. The van der Waals surface area contributed by atoms with Gasteiger partial charge in [0.25, 0.3) is 0 Å². The lowest BCUT2D eigenvalue weighted by Gasteiger charge is -2.22. The molecule has 2 heterocycles. The highest BCUT2D eigenvalue weighted by molar-refractivity contribution is 9.10. The molecule has 0 spiro atoms. The Balaban J connectivity index is 1.98. The number of halogens is 1. The number of thiophene rings is 1. The third kappa shape index (κ3) is 2.59. The van der Waals surface area contributed by atoms with Gasteiger partial charge in [0, 0.05) is 14.2 Å². The van der Waals surface area contributed by atoms with E-state index in [1.54, 1.807) is 0 Å². The molecule has 1 aliphatic rings. The van der Waals surface area contributed by atoms with Crippen molar-refractivity contribution < 1.29 is 0 Å². The summed E-state index contributed by atoms with van der Waals surface area (Å²) in [5.74, 6) is 0.845. The van der Waals surface area contributed by atoms with Crippen LogP contribution >= 0.6 is 27.3 Å². The summed E-state index contributed by atoms with van der Waals surface area (Å²) in [5.41, 5.74) is 0. The van der Waals surface area contributed by atoms with Crippen molar-refractivity contribution in [2.75, 3.05) is 13.1 Å². The summed E-state index contributed by atoms with van der Waals surface area (Å²) in [6.07, 6.45) is 3.97. The summed E-state index contributed by atoms with van der Waals surface area (Å²) < 4.78 is 1.31. The fourth-order valence-electron chi connectivity index (χ4n) is 2.03. The molecule has 0 amide bonds. The molecule has 1 aliphatic heterocycles. The number of hydrogen-bond acceptors (Lipinski definition) is 2. The first-order valence-corrected chi connectivity index (χ1v) is 6.82. The second-order valence-corrected chi connectivity index (χ2v) is 6.24. The number of aryl methyl sites for hydroxylation is 1. The van der Waals surface area contributed by atoms with E-state index in [0.717, 1.165) is 5.92 Å². The second-order valence-electron chi connectivity index (χ2n) is 4.04. The van der Waals surface area contributed by atoms with Crippen molar-refractivity contribution in [1.29, 1.82) is 0 Å². The summed E-state index contributed by atoms with van der Waals surface area (Å²) in [7, 11) is 0. The quantitative estimate of drug-likeness (QED) is 0.872. The van der Waals surface area contributed by atoms with Gasteiger partial charge in [-0.25, -0.2) is 0 Å². The molecule has 78 valence electrons. The first-order valence-electron chi connectivity index (χ1n) is 5.21. The van der Waals surface area contributed by atoms with Gasteiger partial charge in [0.05, 0.1) is 0 Å². The monoisotopic (exact) mass is 273 g/mol. The molecule has 0 saturated carbocycles. The maximum atomic E-state index is 3.63. The van der Waals surface area contributed by atoms with Gasteiger partial charge >= 0.3 is 0 Å². The van der Waals surface area contributed by atoms with Gasteiger partial charge in [-0.1, -0.05) is 0 Å². The van der Waals surface area contributed by atoms with Crippen LogP contribution in [-0.2, 0) is 6.42 Å². The summed E-state index contributed by atoms with van der Waals surface area (Å²) in [6.45, 7) is 4.59. The van der Waals surface area contributed by atoms with Crippen LogP contribution in [0.2, 0.25) is 0 Å². The number of nitrogens with one attached hydrogen (secondary N) is 1. The van der Waals surface area contributed by atoms with Gasteiger partial charge in [0.1, 0.15) is 0 Å². The molecule has 1 fully saturated rings. The lowest BCUT2D eigenvalue weighted by Crippen LogP contribution is -2.30. The minimum atomic E-state index is 0.845. The predicted octanol–water partition coefficient (Wildman–Crippen LogP) is 3.36. The van der Waals surface area contributed by atoms with Gasteiger partial charge in [0.15, 0.2) is 0 Å². The van der Waals surface area contributed by atoms with Gasteiger partial charge in [-0.2, -0.15) is 0 Å². The van der Waals surface area contributed by atoms with Crippen molar-refractivity contribution in [3.8, 4) is 0 Å². The van der Waals surface area contributed by atoms with Gasteiger partial charge in [0.2, 0.25) is 0 Å². The van der Waals surface area contributed by atoms with E-state index >= 15 is 0 Å². The van der Waals surface area contributed by atoms with Crippen LogP contribution in [0.1, 0.15) is 22.6 Å². The van der Waals surface area contributed by atoms with Crippen molar-refractivity contribution in [1.82, 2.24) is 5.32 Å². The highest BCUT2D eigenvalue weighted by Crippen LogP contribution is 2.30. The summed E-state index contributed by atoms with van der Waals surface area (Å²) in [6, 6.07) is 2.23. The lowest BCUT2D eigenvalue weighted by atomic mass is 9.96. The van der Waals surface area contributed by atoms with Crippen molar-refractivity contribution in [3.63, 3.8) is 0 Å². The van der Waals surface area contributed by atoms with E-state index in [1.165, 1.54) is 46.6 Å². The standard InChI is InChI=1S/C11H16BrNS/c1-8-5-10(12)11(14-8)6-9-3-2-4-13-7-9/h5,9,13H,2-4,6-7H2,1H3. The Labute approximate surface area is 98.0 Å². The van der Waals surface area contributed by atoms with E-state index in [0.29, 0.717) is 0 Å². The number of piperidine rings is 1. The summed E-state index contributed by atoms with van der Waals surface area (Å²) >= 11 is 5.57. The van der Waals surface area contributed by atoms with Crippen molar-refractivity contribution in [3.05, 3.63) is 20.3 Å². The third-order valence-corrected chi connectivity index (χ3v) is 4.80. The largest absolute Gasteiger partial charge is 0.316 e. The molecule has 0 radical (unpaired) electrons. The SMILES string of the molecule is Cc1cc(Br)c(CC2CCCNC2)s1. The van der Waals surface area contributed by atoms with Gasteiger partial charge in [-0.05, 0) is 67.2 Å². The molecule has 1 atom stereocenters. The van der Waals surface area contributed by atoms with Crippen molar-refractivity contribution in [2.24, 2.45) is 5.92 Å². The zero-order chi connectivity index (χ0) is 9.97. The summed E-state index contributed by atoms with van der Waals surface area (Å²) in [4.78, 5) is 2.94. The molecule has 1 N–H and O–H groups in total. The highest BCUT2D eigenvalue weighted by Gasteiger charge is 2.15. The van der Waals surface area contributed by atoms with Crippen LogP contribution in [0.5, 0.6) is 0 Å². The van der Waals surface area contributed by atoms with Crippen molar-refractivity contribution in [2.45, 2.75) is 26.2 Å². The maximum absolute atomic E-state index is 3.63. The fourth-order valence-corrected chi connectivity index (χ4v) is 3.97. The van der Waals surface area contributed by atoms with E-state index < -0.39 is 0 Å². The van der Waals surface area contributed by atoms with Gasteiger partial charge < -0.3 is 5.32 Å². The third-order valence-electron chi connectivity index (χ3n) is 2.75. The molecule has 0 bridgehead atoms. The average molecular weight is 274 g/mol. The van der Waals surface area contributed by atoms with E-state index in [1.807, 2.05) is 11.3 Å². The zero-order valence-electron chi connectivity index (χ0n) is 8.48. The first kappa shape index (κ1) is 10.7. The minimum absolute atomic E-state index is 0.845. The molecular formula is C11H16BrNS. The molecule has 0 aromatic carbocycles. The van der Waals surface area contributed by atoms with E-state index in [4.69, 9.17) is 0 Å². The second kappa shape index (κ2) is 4.77. The van der Waals surface area contributed by atoms with E-state index in [9.17, 15) is 0 Å². The highest BCUT2D eigenvalue weighted by atomic mass is 79.9. The minimum Gasteiger partial charge on any atom is -0.316 e. The van der Waals surface area contributed by atoms with E-state index in [-0.39, 0.29) is 0 Å². The predicted molar refractivity (Wildman–Crippen MR) is 66.1 cm³/mol.